The van der Waals surface area contributed by atoms with Crippen molar-refractivity contribution in [1.82, 2.24) is 15.0 Å². The van der Waals surface area contributed by atoms with Gasteiger partial charge in [0, 0.05) is 25.1 Å². The first-order valence-electron chi connectivity index (χ1n) is 10.00. The van der Waals surface area contributed by atoms with Crippen LogP contribution in [0.2, 0.25) is 0 Å². The summed E-state index contributed by atoms with van der Waals surface area (Å²) in [6, 6.07) is 14.4. The van der Waals surface area contributed by atoms with Gasteiger partial charge in [-0.2, -0.15) is 4.98 Å². The van der Waals surface area contributed by atoms with Crippen LogP contribution in [0.1, 0.15) is 29.9 Å². The second kappa shape index (κ2) is 8.55. The second-order valence-electron chi connectivity index (χ2n) is 7.65. The maximum atomic E-state index is 13.9. The molecule has 3 aromatic rings. The van der Waals surface area contributed by atoms with Gasteiger partial charge in [-0.3, -0.25) is 4.79 Å². The van der Waals surface area contributed by atoms with Crippen LogP contribution in [0, 0.1) is 18.7 Å². The van der Waals surface area contributed by atoms with Crippen LogP contribution in [0.5, 0.6) is 0 Å². The molecule has 1 unspecified atom stereocenters. The number of carbonyl (C=O) groups excluding carboxylic acids is 1. The molecular formula is C23H24FN3O2. The third-order valence-corrected chi connectivity index (χ3v) is 5.49. The summed E-state index contributed by atoms with van der Waals surface area (Å²) in [5.74, 6) is 1.09. The van der Waals surface area contributed by atoms with E-state index < -0.39 is 0 Å². The van der Waals surface area contributed by atoms with Crippen LogP contribution in [0.15, 0.2) is 53.1 Å². The van der Waals surface area contributed by atoms with Crippen LogP contribution >= 0.6 is 0 Å². The zero-order valence-corrected chi connectivity index (χ0v) is 16.5. The van der Waals surface area contributed by atoms with Crippen LogP contribution in [0.25, 0.3) is 11.4 Å². The molecule has 2 heterocycles. The lowest BCUT2D eigenvalue weighted by Crippen LogP contribution is -2.41. The predicted octanol–water partition coefficient (Wildman–Crippen LogP) is 4.21. The fourth-order valence-corrected chi connectivity index (χ4v) is 3.89. The molecule has 1 aliphatic rings. The number of rotatable bonds is 5. The van der Waals surface area contributed by atoms with Gasteiger partial charge in [0.1, 0.15) is 5.82 Å². The molecule has 0 bridgehead atoms. The first-order chi connectivity index (χ1) is 14.1. The van der Waals surface area contributed by atoms with Crippen molar-refractivity contribution in [1.29, 1.82) is 0 Å². The molecule has 1 fully saturated rings. The molecule has 150 valence electrons. The quantitative estimate of drug-likeness (QED) is 0.652. The summed E-state index contributed by atoms with van der Waals surface area (Å²) in [5.41, 5.74) is 2.51. The number of halogens is 1. The molecule has 0 aliphatic carbocycles. The molecular weight excluding hydrogens is 369 g/mol. The molecule has 6 heteroatoms. The van der Waals surface area contributed by atoms with E-state index in [9.17, 15) is 9.18 Å². The summed E-state index contributed by atoms with van der Waals surface area (Å²) in [5, 5.41) is 4.12. The average Bonchev–Trinajstić information content (AvgIpc) is 3.18. The molecule has 4 rings (SSSR count). The average molecular weight is 393 g/mol. The Morgan fingerprint density at radius 1 is 1.21 bits per heavy atom. The van der Waals surface area contributed by atoms with E-state index in [0.717, 1.165) is 24.0 Å². The monoisotopic (exact) mass is 393 g/mol. The van der Waals surface area contributed by atoms with Crippen molar-refractivity contribution in [3.63, 3.8) is 0 Å². The van der Waals surface area contributed by atoms with Crippen molar-refractivity contribution in [2.45, 2.75) is 32.6 Å². The molecule has 5 nitrogen and oxygen atoms in total. The smallest absolute Gasteiger partial charge is 0.227 e. The second-order valence-corrected chi connectivity index (χ2v) is 7.65. The van der Waals surface area contributed by atoms with Gasteiger partial charge in [0.05, 0.1) is 6.42 Å². The number of carbonyl (C=O) groups is 1. The van der Waals surface area contributed by atoms with Crippen molar-refractivity contribution in [2.24, 2.45) is 5.92 Å². The Balaban J connectivity index is 1.39. The largest absolute Gasteiger partial charge is 0.342 e. The van der Waals surface area contributed by atoms with Gasteiger partial charge in [0.25, 0.3) is 0 Å². The van der Waals surface area contributed by atoms with Crippen LogP contribution in [0.3, 0.4) is 0 Å². The van der Waals surface area contributed by atoms with Crippen LogP contribution in [-0.2, 0) is 17.6 Å². The summed E-state index contributed by atoms with van der Waals surface area (Å²) in [7, 11) is 0. The maximum Gasteiger partial charge on any atom is 0.227 e. The third kappa shape index (κ3) is 4.53. The molecule has 0 N–H and O–H groups in total. The van der Waals surface area contributed by atoms with Gasteiger partial charge in [-0.05, 0) is 42.9 Å². The Kier molecular flexibility index (Phi) is 5.69. The van der Waals surface area contributed by atoms with Crippen LogP contribution in [-0.4, -0.2) is 34.0 Å². The minimum absolute atomic E-state index is 0.0362. The molecule has 0 spiro atoms. The Labute approximate surface area is 169 Å². The Morgan fingerprint density at radius 2 is 2.00 bits per heavy atom. The Morgan fingerprint density at radius 3 is 2.83 bits per heavy atom. The minimum Gasteiger partial charge on any atom is -0.342 e. The summed E-state index contributed by atoms with van der Waals surface area (Å²) in [6.45, 7) is 3.36. The van der Waals surface area contributed by atoms with Crippen molar-refractivity contribution < 1.29 is 13.7 Å². The number of nitrogens with zero attached hydrogens (tertiary/aromatic N) is 3. The highest BCUT2D eigenvalue weighted by Gasteiger charge is 2.26. The fourth-order valence-electron chi connectivity index (χ4n) is 3.89. The maximum absolute atomic E-state index is 13.9. The molecule has 1 amide bonds. The van der Waals surface area contributed by atoms with E-state index in [1.165, 1.54) is 6.07 Å². The van der Waals surface area contributed by atoms with Gasteiger partial charge >= 0.3 is 0 Å². The van der Waals surface area contributed by atoms with E-state index in [1.54, 1.807) is 18.2 Å². The minimum atomic E-state index is -0.330. The highest BCUT2D eigenvalue weighted by atomic mass is 19.1. The lowest BCUT2D eigenvalue weighted by molar-refractivity contribution is -0.132. The van der Waals surface area contributed by atoms with Crippen LogP contribution in [0.4, 0.5) is 4.39 Å². The lowest BCUT2D eigenvalue weighted by Gasteiger charge is -2.32. The van der Waals surface area contributed by atoms with E-state index >= 15 is 0 Å². The number of hydrogen-bond acceptors (Lipinski definition) is 4. The number of amides is 1. The molecule has 0 saturated carbocycles. The van der Waals surface area contributed by atoms with Gasteiger partial charge in [0.15, 0.2) is 0 Å². The van der Waals surface area contributed by atoms with Gasteiger partial charge < -0.3 is 9.42 Å². The number of aromatic nitrogens is 2. The van der Waals surface area contributed by atoms with Crippen molar-refractivity contribution >= 4 is 5.91 Å². The van der Waals surface area contributed by atoms with E-state index in [4.69, 9.17) is 4.52 Å². The van der Waals surface area contributed by atoms with Gasteiger partial charge in [-0.1, -0.05) is 47.6 Å². The fraction of sp³-hybridized carbons (Fsp3) is 0.348. The van der Waals surface area contributed by atoms with Crippen LogP contribution < -0.4 is 0 Å². The third-order valence-electron chi connectivity index (χ3n) is 5.49. The standard InChI is InChI=1S/C23H24FN3O2/c1-16-7-2-4-10-19(16)23-25-21(29-26-23)13-17-8-6-12-27(15-17)22(28)14-18-9-3-5-11-20(18)24/h2-5,7,9-11,17H,6,8,12-15H2,1H3. The zero-order chi connectivity index (χ0) is 20.2. The summed E-state index contributed by atoms with van der Waals surface area (Å²) >= 11 is 0. The first-order valence-corrected chi connectivity index (χ1v) is 10.00. The summed E-state index contributed by atoms with van der Waals surface area (Å²) in [6.07, 6.45) is 2.66. The molecule has 1 atom stereocenters. The number of piperidine rings is 1. The van der Waals surface area contributed by atoms with E-state index in [0.29, 0.717) is 36.8 Å². The normalized spacial score (nSPS) is 16.8. The van der Waals surface area contributed by atoms with Gasteiger partial charge in [0.2, 0.25) is 17.6 Å². The van der Waals surface area contributed by atoms with Crippen molar-refractivity contribution in [3.05, 3.63) is 71.4 Å². The molecule has 2 aromatic carbocycles. The number of benzene rings is 2. The highest BCUT2D eigenvalue weighted by Crippen LogP contribution is 2.24. The summed E-state index contributed by atoms with van der Waals surface area (Å²) < 4.78 is 19.3. The topological polar surface area (TPSA) is 59.2 Å². The Bertz CT molecular complexity index is 1000. The zero-order valence-electron chi connectivity index (χ0n) is 16.5. The number of hydrogen-bond donors (Lipinski definition) is 0. The predicted molar refractivity (Wildman–Crippen MR) is 108 cm³/mol. The molecule has 1 aliphatic heterocycles. The molecule has 0 radical (unpaired) electrons. The SMILES string of the molecule is Cc1ccccc1-c1noc(CC2CCCN(C(=O)Cc3ccccc3F)C2)n1. The first kappa shape index (κ1) is 19.3. The van der Waals surface area contributed by atoms with E-state index in [2.05, 4.69) is 10.1 Å². The van der Waals surface area contributed by atoms with E-state index in [1.807, 2.05) is 36.1 Å². The molecule has 29 heavy (non-hydrogen) atoms. The lowest BCUT2D eigenvalue weighted by atomic mass is 9.94. The number of aryl methyl sites for hydroxylation is 1. The van der Waals surface area contributed by atoms with E-state index in [-0.39, 0.29) is 24.1 Å². The van der Waals surface area contributed by atoms with Crippen molar-refractivity contribution in [3.8, 4) is 11.4 Å². The van der Waals surface area contributed by atoms with Gasteiger partial charge in [-0.25, -0.2) is 4.39 Å². The molecule has 1 aromatic heterocycles. The number of likely N-dealkylation sites (tertiary alicyclic amines) is 1. The summed E-state index contributed by atoms with van der Waals surface area (Å²) in [4.78, 5) is 19.0. The molecule has 1 saturated heterocycles. The van der Waals surface area contributed by atoms with Crippen molar-refractivity contribution in [2.75, 3.05) is 13.1 Å². The Hall–Kier alpha value is -3.02. The van der Waals surface area contributed by atoms with Gasteiger partial charge in [-0.15, -0.1) is 0 Å². The highest BCUT2D eigenvalue weighted by molar-refractivity contribution is 5.79.